The van der Waals surface area contributed by atoms with Crippen molar-refractivity contribution < 1.29 is 28.5 Å². The normalized spacial score (nSPS) is 11.4. The third-order valence-corrected chi connectivity index (χ3v) is 4.80. The molecule has 0 radical (unpaired) electrons. The predicted octanol–water partition coefficient (Wildman–Crippen LogP) is 4.02. The van der Waals surface area contributed by atoms with E-state index in [1.807, 2.05) is 32.0 Å². The zero-order valence-electron chi connectivity index (χ0n) is 18.3. The Kier molecular flexibility index (Phi) is 8.09. The lowest BCUT2D eigenvalue weighted by Gasteiger charge is -2.18. The smallest absolute Gasteiger partial charge is 0.339 e. The Labute approximate surface area is 177 Å². The second-order valence-corrected chi connectivity index (χ2v) is 6.61. The Bertz CT molecular complexity index is 861. The van der Waals surface area contributed by atoms with Crippen LogP contribution in [0.4, 0.5) is 5.69 Å². The first-order chi connectivity index (χ1) is 14.4. The molecule has 2 aromatic carbocycles. The fourth-order valence-electron chi connectivity index (χ4n) is 3.11. The van der Waals surface area contributed by atoms with Crippen LogP contribution < -0.4 is 19.5 Å². The van der Waals surface area contributed by atoms with Gasteiger partial charge in [-0.2, -0.15) is 0 Å². The number of benzene rings is 2. The van der Waals surface area contributed by atoms with Gasteiger partial charge in [0.2, 0.25) is 5.75 Å². The molecule has 1 amide bonds. The number of esters is 1. The van der Waals surface area contributed by atoms with Gasteiger partial charge in [-0.15, -0.1) is 0 Å². The monoisotopic (exact) mass is 415 g/mol. The first-order valence-electron chi connectivity index (χ1n) is 9.82. The maximum Gasteiger partial charge on any atom is 0.339 e. The van der Waals surface area contributed by atoms with E-state index in [1.165, 1.54) is 40.4 Å². The minimum Gasteiger partial charge on any atom is -0.493 e. The number of anilines is 1. The van der Waals surface area contributed by atoms with Crippen molar-refractivity contribution in [1.82, 2.24) is 0 Å². The van der Waals surface area contributed by atoms with Gasteiger partial charge in [0, 0.05) is 5.69 Å². The van der Waals surface area contributed by atoms with Gasteiger partial charge in [0.05, 0.1) is 26.9 Å². The van der Waals surface area contributed by atoms with Crippen molar-refractivity contribution in [1.29, 1.82) is 0 Å². The zero-order chi connectivity index (χ0) is 22.3. The van der Waals surface area contributed by atoms with E-state index < -0.39 is 18.0 Å². The maximum absolute atomic E-state index is 12.7. The fourth-order valence-corrected chi connectivity index (χ4v) is 3.11. The van der Waals surface area contributed by atoms with Crippen molar-refractivity contribution in [2.45, 2.75) is 39.7 Å². The lowest BCUT2D eigenvalue weighted by atomic mass is 10.0. The third-order valence-electron chi connectivity index (χ3n) is 4.80. The Hall–Kier alpha value is -3.22. The number of hydrogen-bond acceptors (Lipinski definition) is 6. The molecule has 0 aliphatic carbocycles. The number of aryl methyl sites for hydroxylation is 2. The molecule has 30 heavy (non-hydrogen) atoms. The van der Waals surface area contributed by atoms with Crippen LogP contribution in [0, 0.1) is 0 Å². The van der Waals surface area contributed by atoms with Gasteiger partial charge in [-0.05, 0) is 43.0 Å². The highest BCUT2D eigenvalue weighted by molar-refractivity contribution is 5.98. The van der Waals surface area contributed by atoms with E-state index >= 15 is 0 Å². The molecule has 0 fully saturated rings. The fraction of sp³-hybridized carbons (Fsp3) is 0.391. The lowest BCUT2D eigenvalue weighted by Crippen LogP contribution is -2.30. The number of rotatable bonds is 9. The predicted molar refractivity (Wildman–Crippen MR) is 115 cm³/mol. The Morgan fingerprint density at radius 3 is 1.90 bits per heavy atom. The summed E-state index contributed by atoms with van der Waals surface area (Å²) in [4.78, 5) is 25.3. The molecule has 2 rings (SSSR count). The molecule has 0 spiro atoms. The molecule has 0 aromatic heterocycles. The molecular weight excluding hydrogens is 386 g/mol. The number of ether oxygens (including phenoxy) is 4. The second kappa shape index (κ2) is 10.5. The van der Waals surface area contributed by atoms with Gasteiger partial charge in [0.1, 0.15) is 0 Å². The van der Waals surface area contributed by atoms with Crippen LogP contribution in [0.2, 0.25) is 0 Å². The molecule has 0 bridgehead atoms. The number of carbonyl (C=O) groups excluding carboxylic acids is 2. The Balaban J connectivity index is 2.19. The van der Waals surface area contributed by atoms with Crippen LogP contribution in [-0.2, 0) is 22.4 Å². The summed E-state index contributed by atoms with van der Waals surface area (Å²) >= 11 is 0. The summed E-state index contributed by atoms with van der Waals surface area (Å²) in [7, 11) is 4.39. The Morgan fingerprint density at radius 2 is 1.47 bits per heavy atom. The van der Waals surface area contributed by atoms with E-state index in [2.05, 4.69) is 5.32 Å². The van der Waals surface area contributed by atoms with Gasteiger partial charge in [-0.25, -0.2) is 4.79 Å². The summed E-state index contributed by atoms with van der Waals surface area (Å²) in [6, 6.07) is 8.88. The molecule has 1 N–H and O–H groups in total. The van der Waals surface area contributed by atoms with Gasteiger partial charge >= 0.3 is 5.97 Å². The van der Waals surface area contributed by atoms with Crippen LogP contribution in [0.25, 0.3) is 0 Å². The number of methoxy groups -OCH3 is 3. The van der Waals surface area contributed by atoms with E-state index in [4.69, 9.17) is 18.9 Å². The first-order valence-corrected chi connectivity index (χ1v) is 9.82. The highest BCUT2D eigenvalue weighted by Crippen LogP contribution is 2.38. The van der Waals surface area contributed by atoms with E-state index in [0.29, 0.717) is 17.2 Å². The summed E-state index contributed by atoms with van der Waals surface area (Å²) in [6.45, 7) is 5.59. The number of amides is 1. The molecule has 162 valence electrons. The molecule has 2 aromatic rings. The summed E-state index contributed by atoms with van der Waals surface area (Å²) in [5.74, 6) is -0.0517. The van der Waals surface area contributed by atoms with E-state index in [1.54, 1.807) is 0 Å². The largest absolute Gasteiger partial charge is 0.493 e. The molecule has 0 aliphatic heterocycles. The topological polar surface area (TPSA) is 83.1 Å². The average Bonchev–Trinajstić information content (AvgIpc) is 2.77. The second-order valence-electron chi connectivity index (χ2n) is 6.61. The van der Waals surface area contributed by atoms with Crippen molar-refractivity contribution in [3.63, 3.8) is 0 Å². The van der Waals surface area contributed by atoms with E-state index in [0.717, 1.165) is 29.7 Å². The van der Waals surface area contributed by atoms with Gasteiger partial charge in [-0.1, -0.05) is 32.0 Å². The van der Waals surface area contributed by atoms with Crippen molar-refractivity contribution in [2.24, 2.45) is 0 Å². The van der Waals surface area contributed by atoms with E-state index in [-0.39, 0.29) is 5.56 Å². The molecule has 0 unspecified atom stereocenters. The molecule has 0 saturated heterocycles. The minimum atomic E-state index is -0.994. The van der Waals surface area contributed by atoms with Crippen LogP contribution in [0.1, 0.15) is 42.3 Å². The van der Waals surface area contributed by atoms with Crippen LogP contribution in [0.5, 0.6) is 17.2 Å². The van der Waals surface area contributed by atoms with Crippen molar-refractivity contribution in [3.8, 4) is 17.2 Å². The summed E-state index contributed by atoms with van der Waals surface area (Å²) in [5, 5.41) is 2.92. The molecule has 7 heteroatoms. The van der Waals surface area contributed by atoms with Crippen LogP contribution in [0.3, 0.4) is 0 Å². The summed E-state index contributed by atoms with van der Waals surface area (Å²) < 4.78 is 21.2. The molecule has 0 saturated carbocycles. The minimum absolute atomic E-state index is 0.187. The Morgan fingerprint density at radius 1 is 0.933 bits per heavy atom. The van der Waals surface area contributed by atoms with E-state index in [9.17, 15) is 9.59 Å². The maximum atomic E-state index is 12.7. The average molecular weight is 415 g/mol. The highest BCUT2D eigenvalue weighted by atomic mass is 16.5. The van der Waals surface area contributed by atoms with Crippen LogP contribution in [0.15, 0.2) is 30.3 Å². The zero-order valence-corrected chi connectivity index (χ0v) is 18.3. The van der Waals surface area contributed by atoms with Crippen molar-refractivity contribution in [2.75, 3.05) is 26.6 Å². The van der Waals surface area contributed by atoms with Crippen LogP contribution in [-0.4, -0.2) is 39.3 Å². The van der Waals surface area contributed by atoms with Crippen molar-refractivity contribution in [3.05, 3.63) is 47.0 Å². The van der Waals surface area contributed by atoms with Crippen LogP contribution >= 0.6 is 0 Å². The number of para-hydroxylation sites is 1. The lowest BCUT2D eigenvalue weighted by molar-refractivity contribution is -0.123. The van der Waals surface area contributed by atoms with Gasteiger partial charge in [0.25, 0.3) is 5.91 Å². The number of carbonyl (C=O) groups is 2. The van der Waals surface area contributed by atoms with Gasteiger partial charge in [0.15, 0.2) is 17.6 Å². The molecule has 0 heterocycles. The quantitative estimate of drug-likeness (QED) is 0.623. The molecule has 1 atom stereocenters. The first kappa shape index (κ1) is 23.1. The van der Waals surface area contributed by atoms with Crippen molar-refractivity contribution >= 4 is 17.6 Å². The SMILES string of the molecule is CCc1cccc(CC)c1NC(=O)[C@@H](C)OC(=O)c1cc(OC)c(OC)c(OC)c1. The van der Waals surface area contributed by atoms with Gasteiger partial charge in [-0.3, -0.25) is 4.79 Å². The number of nitrogens with one attached hydrogen (secondary N) is 1. The summed E-state index contributed by atoms with van der Waals surface area (Å²) in [5.41, 5.74) is 3.03. The molecule has 7 nitrogen and oxygen atoms in total. The standard InChI is InChI=1S/C23H29NO6/c1-7-15-10-9-11-16(8-2)20(15)24-22(25)14(3)30-23(26)17-12-18(27-4)21(29-6)19(13-17)28-5/h9-14H,7-8H2,1-6H3,(H,24,25)/t14-/m1/s1. The van der Waals surface area contributed by atoms with Gasteiger partial charge < -0.3 is 24.3 Å². The third kappa shape index (κ3) is 5.03. The highest BCUT2D eigenvalue weighted by Gasteiger charge is 2.23. The molecular formula is C23H29NO6. The number of hydrogen-bond donors (Lipinski definition) is 1. The molecule has 0 aliphatic rings. The summed E-state index contributed by atoms with van der Waals surface area (Å²) in [6.07, 6.45) is 0.567.